The summed E-state index contributed by atoms with van der Waals surface area (Å²) in [4.78, 5) is 27.2. The molecule has 0 unspecified atom stereocenters. The molecule has 1 aliphatic rings. The Morgan fingerprint density at radius 3 is 2.92 bits per heavy atom. The molecular weight excluding hydrogens is 373 g/mol. The van der Waals surface area contributed by atoms with Gasteiger partial charge in [0.2, 0.25) is 0 Å². The van der Waals surface area contributed by atoms with Gasteiger partial charge >= 0.3 is 0 Å². The summed E-state index contributed by atoms with van der Waals surface area (Å²) in [7, 11) is 0. The number of carbonyl (C=O) groups is 2. The van der Waals surface area contributed by atoms with Gasteiger partial charge in [-0.2, -0.15) is 17.0 Å². The van der Waals surface area contributed by atoms with Crippen molar-refractivity contribution in [2.45, 2.75) is 13.0 Å². The van der Waals surface area contributed by atoms with E-state index in [-0.39, 0.29) is 11.5 Å². The molecule has 134 valence electrons. The van der Waals surface area contributed by atoms with Gasteiger partial charge in [-0.05, 0) is 36.8 Å². The SMILES string of the molecule is Cc1cc(NC(=O)c2cccc(F)c2)sc1C(=O)N1CCSC[C@@H]1C#N. The Bertz CT molecular complexity index is 891. The Morgan fingerprint density at radius 2 is 2.19 bits per heavy atom. The molecule has 3 rings (SSSR count). The van der Waals surface area contributed by atoms with E-state index in [4.69, 9.17) is 0 Å². The summed E-state index contributed by atoms with van der Waals surface area (Å²) in [6.07, 6.45) is 0. The molecule has 1 aromatic heterocycles. The van der Waals surface area contributed by atoms with E-state index >= 15 is 0 Å². The number of amides is 2. The molecule has 1 aromatic carbocycles. The highest BCUT2D eigenvalue weighted by Gasteiger charge is 2.29. The number of nitrogens with zero attached hydrogens (tertiary/aromatic N) is 2. The topological polar surface area (TPSA) is 73.2 Å². The van der Waals surface area contributed by atoms with Crippen molar-refractivity contribution in [3.8, 4) is 6.07 Å². The molecule has 2 amide bonds. The van der Waals surface area contributed by atoms with Crippen molar-refractivity contribution in [2.24, 2.45) is 0 Å². The van der Waals surface area contributed by atoms with E-state index < -0.39 is 17.8 Å². The summed E-state index contributed by atoms with van der Waals surface area (Å²) < 4.78 is 13.3. The van der Waals surface area contributed by atoms with E-state index in [9.17, 15) is 19.2 Å². The Labute approximate surface area is 158 Å². The van der Waals surface area contributed by atoms with Crippen LogP contribution in [0.2, 0.25) is 0 Å². The van der Waals surface area contributed by atoms with Gasteiger partial charge in [-0.3, -0.25) is 9.59 Å². The molecule has 0 spiro atoms. The van der Waals surface area contributed by atoms with Crippen LogP contribution in [0.15, 0.2) is 30.3 Å². The first-order chi connectivity index (χ1) is 12.5. The molecule has 0 radical (unpaired) electrons. The molecule has 1 saturated heterocycles. The molecule has 1 atom stereocenters. The maximum atomic E-state index is 13.3. The first-order valence-corrected chi connectivity index (χ1v) is 9.92. The quantitative estimate of drug-likeness (QED) is 0.872. The molecule has 1 N–H and O–H groups in total. The molecule has 8 heteroatoms. The van der Waals surface area contributed by atoms with Crippen LogP contribution in [-0.4, -0.2) is 40.8 Å². The summed E-state index contributed by atoms with van der Waals surface area (Å²) in [5, 5.41) is 12.5. The third kappa shape index (κ3) is 3.89. The Kier molecular flexibility index (Phi) is 5.59. The Morgan fingerprint density at radius 1 is 1.38 bits per heavy atom. The third-order valence-corrected chi connectivity index (χ3v) is 6.14. The number of benzene rings is 1. The second-order valence-corrected chi connectivity index (χ2v) is 8.01. The van der Waals surface area contributed by atoms with Crippen molar-refractivity contribution < 1.29 is 14.0 Å². The van der Waals surface area contributed by atoms with Gasteiger partial charge in [0, 0.05) is 23.6 Å². The predicted molar refractivity (Wildman–Crippen MR) is 101 cm³/mol. The molecule has 0 bridgehead atoms. The second-order valence-electron chi connectivity index (χ2n) is 5.81. The van der Waals surface area contributed by atoms with E-state index in [1.54, 1.807) is 29.7 Å². The average molecular weight is 389 g/mol. The van der Waals surface area contributed by atoms with Crippen LogP contribution in [0.3, 0.4) is 0 Å². The van der Waals surface area contributed by atoms with Gasteiger partial charge in [0.05, 0.1) is 15.9 Å². The highest BCUT2D eigenvalue weighted by atomic mass is 32.2. The zero-order chi connectivity index (χ0) is 18.7. The lowest BCUT2D eigenvalue weighted by Crippen LogP contribution is -2.45. The molecular formula is C18H16FN3O2S2. The minimum Gasteiger partial charge on any atom is -0.320 e. The fourth-order valence-corrected chi connectivity index (χ4v) is 4.65. The lowest BCUT2D eigenvalue weighted by atomic mass is 10.2. The summed E-state index contributed by atoms with van der Waals surface area (Å²) in [5.74, 6) is 0.300. The minimum atomic E-state index is -0.485. The maximum absolute atomic E-state index is 13.3. The second kappa shape index (κ2) is 7.89. The number of nitrogens with one attached hydrogen (secondary N) is 1. The van der Waals surface area contributed by atoms with Crippen LogP contribution in [0, 0.1) is 24.1 Å². The first-order valence-electron chi connectivity index (χ1n) is 7.95. The molecule has 2 aromatic rings. The molecule has 0 aliphatic carbocycles. The number of anilines is 1. The average Bonchev–Trinajstić information content (AvgIpc) is 3.01. The predicted octanol–water partition coefficient (Wildman–Crippen LogP) is 3.53. The lowest BCUT2D eigenvalue weighted by Gasteiger charge is -2.30. The monoisotopic (exact) mass is 389 g/mol. The highest BCUT2D eigenvalue weighted by Crippen LogP contribution is 2.30. The van der Waals surface area contributed by atoms with Crippen LogP contribution >= 0.6 is 23.1 Å². The minimum absolute atomic E-state index is 0.189. The van der Waals surface area contributed by atoms with E-state index in [0.717, 1.165) is 17.4 Å². The third-order valence-electron chi connectivity index (χ3n) is 3.97. The van der Waals surface area contributed by atoms with Crippen molar-refractivity contribution in [3.63, 3.8) is 0 Å². The number of rotatable bonds is 3. The zero-order valence-electron chi connectivity index (χ0n) is 14.0. The number of carbonyl (C=O) groups excluding carboxylic acids is 2. The summed E-state index contributed by atoms with van der Waals surface area (Å²) in [5.41, 5.74) is 0.950. The standard InChI is InChI=1S/C18H16FN3O2S2/c1-11-7-15(21-17(23)12-3-2-4-13(19)8-12)26-16(11)18(24)22-5-6-25-10-14(22)9-20/h2-4,7-8,14H,5-6,10H2,1H3,(H,21,23)/t14-/m0/s1. The number of hydrogen-bond acceptors (Lipinski definition) is 5. The van der Waals surface area contributed by atoms with Gasteiger partial charge in [-0.15, -0.1) is 11.3 Å². The highest BCUT2D eigenvalue weighted by molar-refractivity contribution is 7.99. The molecule has 2 heterocycles. The van der Waals surface area contributed by atoms with Gasteiger partial charge in [0.1, 0.15) is 11.9 Å². The van der Waals surface area contributed by atoms with E-state index in [1.807, 2.05) is 0 Å². The molecule has 0 saturated carbocycles. The van der Waals surface area contributed by atoms with E-state index in [0.29, 0.717) is 22.2 Å². The van der Waals surface area contributed by atoms with Crippen LogP contribution in [0.4, 0.5) is 9.39 Å². The van der Waals surface area contributed by atoms with Crippen molar-refractivity contribution in [1.29, 1.82) is 5.26 Å². The van der Waals surface area contributed by atoms with Gasteiger partial charge < -0.3 is 10.2 Å². The van der Waals surface area contributed by atoms with Crippen molar-refractivity contribution in [3.05, 3.63) is 52.2 Å². The Hall–Kier alpha value is -2.37. The summed E-state index contributed by atoms with van der Waals surface area (Å²) >= 11 is 2.83. The van der Waals surface area contributed by atoms with Gasteiger partial charge in [-0.1, -0.05) is 6.07 Å². The number of hydrogen-bond donors (Lipinski definition) is 1. The summed E-state index contributed by atoms with van der Waals surface area (Å²) in [6, 6.07) is 8.87. The van der Waals surface area contributed by atoms with Gasteiger partial charge in [-0.25, -0.2) is 4.39 Å². The van der Waals surface area contributed by atoms with Crippen LogP contribution in [0.1, 0.15) is 25.6 Å². The van der Waals surface area contributed by atoms with E-state index in [1.165, 1.54) is 29.5 Å². The van der Waals surface area contributed by atoms with Gasteiger partial charge in [0.25, 0.3) is 11.8 Å². The van der Waals surface area contributed by atoms with Crippen molar-refractivity contribution in [2.75, 3.05) is 23.4 Å². The zero-order valence-corrected chi connectivity index (χ0v) is 15.6. The van der Waals surface area contributed by atoms with Crippen LogP contribution < -0.4 is 5.32 Å². The van der Waals surface area contributed by atoms with Gasteiger partial charge in [0.15, 0.2) is 0 Å². The number of halogens is 1. The molecule has 26 heavy (non-hydrogen) atoms. The largest absolute Gasteiger partial charge is 0.320 e. The fraction of sp³-hybridized carbons (Fsp3) is 0.278. The lowest BCUT2D eigenvalue weighted by molar-refractivity contribution is 0.0741. The van der Waals surface area contributed by atoms with Crippen LogP contribution in [-0.2, 0) is 0 Å². The maximum Gasteiger partial charge on any atom is 0.265 e. The van der Waals surface area contributed by atoms with E-state index in [2.05, 4.69) is 11.4 Å². The number of nitriles is 1. The number of thiophene rings is 1. The molecule has 1 aliphatic heterocycles. The van der Waals surface area contributed by atoms with Crippen LogP contribution in [0.25, 0.3) is 0 Å². The fourth-order valence-electron chi connectivity index (χ4n) is 2.65. The number of thioether (sulfide) groups is 1. The molecule has 5 nitrogen and oxygen atoms in total. The normalized spacial score (nSPS) is 16.8. The number of aryl methyl sites for hydroxylation is 1. The summed E-state index contributed by atoms with van der Waals surface area (Å²) in [6.45, 7) is 2.33. The Balaban J connectivity index is 1.77. The first kappa shape index (κ1) is 18.4. The van der Waals surface area contributed by atoms with Crippen molar-refractivity contribution in [1.82, 2.24) is 4.90 Å². The molecule has 1 fully saturated rings. The van der Waals surface area contributed by atoms with Crippen molar-refractivity contribution >= 4 is 39.9 Å². The van der Waals surface area contributed by atoms with Crippen LogP contribution in [0.5, 0.6) is 0 Å². The smallest absolute Gasteiger partial charge is 0.265 e.